The quantitative estimate of drug-likeness (QED) is 0.871. The molecule has 0 fully saturated rings. The molecule has 0 aliphatic rings. The van der Waals surface area contributed by atoms with Crippen molar-refractivity contribution in [2.45, 2.75) is 26.4 Å². The molecule has 0 spiro atoms. The van der Waals surface area contributed by atoms with Crippen LogP contribution in [0.5, 0.6) is 11.5 Å². The fourth-order valence-corrected chi connectivity index (χ4v) is 2.53. The minimum atomic E-state index is -0.493. The molecule has 2 aromatic carbocycles. The highest BCUT2D eigenvalue weighted by molar-refractivity contribution is 9.10. The monoisotopic (exact) mass is 320 g/mol. The van der Waals surface area contributed by atoms with Crippen molar-refractivity contribution in [3.8, 4) is 11.5 Å². The van der Waals surface area contributed by atoms with E-state index in [0.29, 0.717) is 0 Å². The summed E-state index contributed by atoms with van der Waals surface area (Å²) in [6.07, 6.45) is 0.529. The van der Waals surface area contributed by atoms with Gasteiger partial charge < -0.3 is 9.84 Å². The zero-order chi connectivity index (χ0) is 13.8. The topological polar surface area (TPSA) is 29.5 Å². The van der Waals surface area contributed by atoms with Crippen LogP contribution in [-0.4, -0.2) is 5.11 Å². The predicted octanol–water partition coefficient (Wildman–Crippen LogP) is 4.86. The van der Waals surface area contributed by atoms with Gasteiger partial charge in [0.2, 0.25) is 0 Å². The molecule has 0 heterocycles. The predicted molar refractivity (Wildman–Crippen MR) is 80.7 cm³/mol. The SMILES string of the molecule is CCc1ccc(Oc2ccc(C(C)O)c(Br)c2)cc1. The van der Waals surface area contributed by atoms with Gasteiger partial charge in [-0.15, -0.1) is 0 Å². The molecule has 0 bridgehead atoms. The first-order chi connectivity index (χ1) is 9.10. The zero-order valence-electron chi connectivity index (χ0n) is 11.1. The van der Waals surface area contributed by atoms with Crippen molar-refractivity contribution in [1.82, 2.24) is 0 Å². The van der Waals surface area contributed by atoms with Crippen molar-refractivity contribution in [3.63, 3.8) is 0 Å². The first kappa shape index (κ1) is 14.1. The highest BCUT2D eigenvalue weighted by Crippen LogP contribution is 2.30. The van der Waals surface area contributed by atoms with E-state index in [1.54, 1.807) is 6.92 Å². The van der Waals surface area contributed by atoms with Gasteiger partial charge in [-0.25, -0.2) is 0 Å². The van der Waals surface area contributed by atoms with Gasteiger partial charge in [0.05, 0.1) is 6.10 Å². The van der Waals surface area contributed by atoms with Gasteiger partial charge in [-0.3, -0.25) is 0 Å². The fraction of sp³-hybridized carbons (Fsp3) is 0.250. The Morgan fingerprint density at radius 2 is 1.74 bits per heavy atom. The first-order valence-corrected chi connectivity index (χ1v) is 7.13. The van der Waals surface area contributed by atoms with Gasteiger partial charge in [-0.2, -0.15) is 0 Å². The minimum Gasteiger partial charge on any atom is -0.457 e. The average Bonchev–Trinajstić information content (AvgIpc) is 2.39. The summed E-state index contributed by atoms with van der Waals surface area (Å²) in [7, 11) is 0. The van der Waals surface area contributed by atoms with Crippen molar-refractivity contribution in [2.75, 3.05) is 0 Å². The van der Waals surface area contributed by atoms with Crippen LogP contribution in [0, 0.1) is 0 Å². The summed E-state index contributed by atoms with van der Waals surface area (Å²) in [5.74, 6) is 1.56. The standard InChI is InChI=1S/C16H17BrO2/c1-3-12-4-6-13(7-5-12)19-14-8-9-15(11(2)18)16(17)10-14/h4-11,18H,3H2,1-2H3. The molecule has 19 heavy (non-hydrogen) atoms. The number of rotatable bonds is 4. The number of aryl methyl sites for hydroxylation is 1. The molecule has 1 unspecified atom stereocenters. The lowest BCUT2D eigenvalue weighted by Crippen LogP contribution is -1.93. The Bertz CT molecular complexity index is 547. The molecule has 0 aromatic heterocycles. The number of aliphatic hydroxyl groups is 1. The number of halogens is 1. The van der Waals surface area contributed by atoms with Crippen LogP contribution < -0.4 is 4.74 Å². The van der Waals surface area contributed by atoms with Crippen LogP contribution in [0.2, 0.25) is 0 Å². The summed E-state index contributed by atoms with van der Waals surface area (Å²) in [6, 6.07) is 13.7. The van der Waals surface area contributed by atoms with Crippen LogP contribution in [-0.2, 0) is 6.42 Å². The van der Waals surface area contributed by atoms with Crippen molar-refractivity contribution in [3.05, 3.63) is 58.1 Å². The van der Waals surface area contributed by atoms with Crippen LogP contribution >= 0.6 is 15.9 Å². The lowest BCUT2D eigenvalue weighted by atomic mass is 10.1. The number of hydrogen-bond donors (Lipinski definition) is 1. The Hall–Kier alpha value is -1.32. The third-order valence-electron chi connectivity index (χ3n) is 2.99. The highest BCUT2D eigenvalue weighted by atomic mass is 79.9. The largest absolute Gasteiger partial charge is 0.457 e. The lowest BCUT2D eigenvalue weighted by molar-refractivity contribution is 0.198. The van der Waals surface area contributed by atoms with Crippen molar-refractivity contribution in [1.29, 1.82) is 0 Å². The third-order valence-corrected chi connectivity index (χ3v) is 3.68. The van der Waals surface area contributed by atoms with Crippen LogP contribution in [0.25, 0.3) is 0 Å². The molecule has 0 aliphatic carbocycles. The van der Waals surface area contributed by atoms with E-state index in [0.717, 1.165) is 28.0 Å². The summed E-state index contributed by atoms with van der Waals surface area (Å²) in [5.41, 5.74) is 2.15. The molecule has 0 radical (unpaired) electrons. The van der Waals surface area contributed by atoms with Gasteiger partial charge in [0, 0.05) is 4.47 Å². The molecule has 2 aromatic rings. The van der Waals surface area contributed by atoms with E-state index >= 15 is 0 Å². The van der Waals surface area contributed by atoms with Gasteiger partial charge in [-0.05, 0) is 48.7 Å². The fourth-order valence-electron chi connectivity index (χ4n) is 1.84. The maximum atomic E-state index is 9.57. The van der Waals surface area contributed by atoms with Crippen LogP contribution in [0.1, 0.15) is 31.1 Å². The van der Waals surface area contributed by atoms with E-state index in [2.05, 4.69) is 35.0 Å². The number of aliphatic hydroxyl groups excluding tert-OH is 1. The van der Waals surface area contributed by atoms with Crippen LogP contribution in [0.4, 0.5) is 0 Å². The Kier molecular flexibility index (Phi) is 4.61. The molecule has 2 nitrogen and oxygen atoms in total. The molecular weight excluding hydrogens is 304 g/mol. The molecule has 100 valence electrons. The molecule has 0 saturated carbocycles. The molecule has 1 N–H and O–H groups in total. The van der Waals surface area contributed by atoms with E-state index in [4.69, 9.17) is 4.74 Å². The molecule has 0 aliphatic heterocycles. The Labute approximate surface area is 122 Å². The Morgan fingerprint density at radius 1 is 1.11 bits per heavy atom. The van der Waals surface area contributed by atoms with Gasteiger partial charge in [-0.1, -0.05) is 41.1 Å². The zero-order valence-corrected chi connectivity index (χ0v) is 12.6. The molecule has 0 amide bonds. The molecule has 0 saturated heterocycles. The summed E-state index contributed by atoms with van der Waals surface area (Å²) < 4.78 is 6.63. The number of hydrogen-bond acceptors (Lipinski definition) is 2. The van der Waals surface area contributed by atoms with E-state index < -0.39 is 6.10 Å². The van der Waals surface area contributed by atoms with E-state index in [1.807, 2.05) is 30.3 Å². The third kappa shape index (κ3) is 3.58. The Balaban J connectivity index is 2.16. The Morgan fingerprint density at radius 3 is 2.26 bits per heavy atom. The van der Waals surface area contributed by atoms with Crippen molar-refractivity contribution in [2.24, 2.45) is 0 Å². The highest BCUT2D eigenvalue weighted by Gasteiger charge is 2.07. The minimum absolute atomic E-state index is 0.493. The van der Waals surface area contributed by atoms with Crippen molar-refractivity contribution >= 4 is 15.9 Å². The maximum Gasteiger partial charge on any atom is 0.128 e. The van der Waals surface area contributed by atoms with E-state index in [9.17, 15) is 5.11 Å². The maximum absolute atomic E-state index is 9.57. The van der Waals surface area contributed by atoms with E-state index in [1.165, 1.54) is 5.56 Å². The van der Waals surface area contributed by atoms with Gasteiger partial charge in [0.1, 0.15) is 11.5 Å². The number of benzene rings is 2. The van der Waals surface area contributed by atoms with Gasteiger partial charge in [0.15, 0.2) is 0 Å². The second-order valence-electron chi connectivity index (χ2n) is 4.46. The first-order valence-electron chi connectivity index (χ1n) is 6.34. The lowest BCUT2D eigenvalue weighted by Gasteiger charge is -2.11. The summed E-state index contributed by atoms with van der Waals surface area (Å²) in [5, 5.41) is 9.57. The molecule has 1 atom stereocenters. The summed E-state index contributed by atoms with van der Waals surface area (Å²) in [4.78, 5) is 0. The molecule has 3 heteroatoms. The summed E-state index contributed by atoms with van der Waals surface area (Å²) in [6.45, 7) is 3.87. The number of ether oxygens (including phenoxy) is 1. The van der Waals surface area contributed by atoms with Crippen LogP contribution in [0.15, 0.2) is 46.9 Å². The summed E-state index contributed by atoms with van der Waals surface area (Å²) >= 11 is 3.44. The molecular formula is C16H17BrO2. The van der Waals surface area contributed by atoms with E-state index in [-0.39, 0.29) is 0 Å². The van der Waals surface area contributed by atoms with Crippen molar-refractivity contribution < 1.29 is 9.84 Å². The smallest absolute Gasteiger partial charge is 0.128 e. The van der Waals surface area contributed by atoms with Gasteiger partial charge in [0.25, 0.3) is 0 Å². The second kappa shape index (κ2) is 6.22. The van der Waals surface area contributed by atoms with Gasteiger partial charge >= 0.3 is 0 Å². The molecule has 2 rings (SSSR count). The second-order valence-corrected chi connectivity index (χ2v) is 5.31. The van der Waals surface area contributed by atoms with Crippen LogP contribution in [0.3, 0.4) is 0 Å². The average molecular weight is 321 g/mol. The normalized spacial score (nSPS) is 12.2.